The molecule has 0 aromatic carbocycles. The molecule has 0 saturated carbocycles. The first-order chi connectivity index (χ1) is 5.47. The van der Waals surface area contributed by atoms with Gasteiger partial charge in [0.25, 0.3) is 0 Å². The van der Waals surface area contributed by atoms with E-state index in [9.17, 15) is 0 Å². The van der Waals surface area contributed by atoms with Gasteiger partial charge < -0.3 is 10.2 Å². The van der Waals surface area contributed by atoms with Crippen molar-refractivity contribution in [2.75, 3.05) is 26.2 Å². The minimum absolute atomic E-state index is 0. The summed E-state index contributed by atoms with van der Waals surface area (Å²) in [6.45, 7) is 4.93. The van der Waals surface area contributed by atoms with Crippen LogP contribution in [0.4, 0.5) is 0 Å². The molecule has 0 unspecified atom stereocenters. The molecule has 2 rings (SSSR count). The van der Waals surface area contributed by atoms with Gasteiger partial charge in [-0.25, -0.2) is 0 Å². The molecule has 0 bridgehead atoms. The molecular formula is C9H17N2W-. The second kappa shape index (κ2) is 5.36. The van der Waals surface area contributed by atoms with Gasteiger partial charge in [0.15, 0.2) is 0 Å². The largest absolute Gasteiger partial charge is 0.662 e. The predicted octanol–water partition coefficient (Wildman–Crippen LogP) is 1.62. The van der Waals surface area contributed by atoms with Crippen molar-refractivity contribution in [1.82, 2.24) is 4.90 Å². The summed E-state index contributed by atoms with van der Waals surface area (Å²) in [6, 6.07) is 0.884. The zero-order chi connectivity index (χ0) is 7.52. The number of nitrogens with zero attached hydrogens (tertiary/aromatic N) is 2. The number of hydrogen-bond donors (Lipinski definition) is 0. The average Bonchev–Trinajstić information content (AvgIpc) is 2.58. The quantitative estimate of drug-likeness (QED) is 0.711. The van der Waals surface area contributed by atoms with Gasteiger partial charge in [-0.05, 0) is 25.9 Å². The van der Waals surface area contributed by atoms with Crippen LogP contribution in [0.3, 0.4) is 0 Å². The van der Waals surface area contributed by atoms with Gasteiger partial charge in [0, 0.05) is 27.1 Å². The molecule has 0 atom stereocenters. The predicted molar refractivity (Wildman–Crippen MR) is 46.9 cm³/mol. The molecule has 0 aromatic heterocycles. The molecule has 0 spiro atoms. The molecule has 12 heavy (non-hydrogen) atoms. The minimum Gasteiger partial charge on any atom is -0.662 e. The number of rotatable bonds is 1. The van der Waals surface area contributed by atoms with E-state index in [-0.39, 0.29) is 21.1 Å². The molecule has 2 saturated heterocycles. The summed E-state index contributed by atoms with van der Waals surface area (Å²) in [4.78, 5) is 2.66. The topological polar surface area (TPSA) is 17.3 Å². The first kappa shape index (κ1) is 10.7. The molecule has 0 N–H and O–H groups in total. The SMILES string of the molecule is C1CCN(C2CC[N-]CC2)C1.[W]. The third kappa shape index (κ3) is 2.55. The zero-order valence-electron chi connectivity index (χ0n) is 7.54. The summed E-state index contributed by atoms with van der Waals surface area (Å²) in [5, 5.41) is 4.37. The Morgan fingerprint density at radius 3 is 2.17 bits per heavy atom. The van der Waals surface area contributed by atoms with Crippen LogP contribution in [0.15, 0.2) is 0 Å². The molecule has 2 heterocycles. The van der Waals surface area contributed by atoms with Gasteiger partial charge >= 0.3 is 0 Å². The standard InChI is InChI=1S/C9H17N2.W/c1-2-8-11(7-1)9-3-5-10-6-4-9;/h9H,1-8H2;/q-1;. The molecule has 2 aliphatic rings. The van der Waals surface area contributed by atoms with Gasteiger partial charge in [0.1, 0.15) is 0 Å². The maximum atomic E-state index is 4.37. The fraction of sp³-hybridized carbons (Fsp3) is 1.00. The van der Waals surface area contributed by atoms with Crippen LogP contribution in [0.1, 0.15) is 25.7 Å². The summed E-state index contributed by atoms with van der Waals surface area (Å²) < 4.78 is 0. The Hall–Kier alpha value is 0.608. The first-order valence-corrected chi connectivity index (χ1v) is 4.84. The van der Waals surface area contributed by atoms with E-state index >= 15 is 0 Å². The second-order valence-electron chi connectivity index (χ2n) is 3.65. The molecule has 0 aromatic rings. The van der Waals surface area contributed by atoms with E-state index in [1.54, 1.807) is 0 Å². The van der Waals surface area contributed by atoms with Crippen LogP contribution >= 0.6 is 0 Å². The Morgan fingerprint density at radius 1 is 1.00 bits per heavy atom. The third-order valence-corrected chi connectivity index (χ3v) is 2.90. The van der Waals surface area contributed by atoms with E-state index in [0.717, 1.165) is 19.1 Å². The Kier molecular flexibility index (Phi) is 4.78. The fourth-order valence-electron chi connectivity index (χ4n) is 2.21. The van der Waals surface area contributed by atoms with Crippen LogP contribution in [-0.2, 0) is 21.1 Å². The molecule has 0 aliphatic carbocycles. The Balaban J connectivity index is 0.000000720. The zero-order valence-corrected chi connectivity index (χ0v) is 10.5. The number of likely N-dealkylation sites (tertiary alicyclic amines) is 1. The van der Waals surface area contributed by atoms with E-state index in [1.165, 1.54) is 38.8 Å². The Morgan fingerprint density at radius 2 is 1.58 bits per heavy atom. The summed E-state index contributed by atoms with van der Waals surface area (Å²) in [5.41, 5.74) is 0. The van der Waals surface area contributed by atoms with Gasteiger partial charge in [-0.15, -0.1) is 13.1 Å². The van der Waals surface area contributed by atoms with Crippen LogP contribution in [0, 0.1) is 0 Å². The van der Waals surface area contributed by atoms with Crippen LogP contribution in [0.25, 0.3) is 5.32 Å². The first-order valence-electron chi connectivity index (χ1n) is 4.84. The van der Waals surface area contributed by atoms with Crippen LogP contribution in [-0.4, -0.2) is 37.1 Å². The van der Waals surface area contributed by atoms with Crippen LogP contribution in [0.2, 0.25) is 0 Å². The van der Waals surface area contributed by atoms with E-state index in [2.05, 4.69) is 10.2 Å². The van der Waals surface area contributed by atoms with Gasteiger partial charge in [-0.3, -0.25) is 0 Å². The van der Waals surface area contributed by atoms with Crippen molar-refractivity contribution < 1.29 is 21.1 Å². The van der Waals surface area contributed by atoms with E-state index in [1.807, 2.05) is 0 Å². The summed E-state index contributed by atoms with van der Waals surface area (Å²) in [7, 11) is 0. The molecule has 0 radical (unpaired) electrons. The van der Waals surface area contributed by atoms with E-state index in [0.29, 0.717) is 0 Å². The molecule has 2 nitrogen and oxygen atoms in total. The van der Waals surface area contributed by atoms with Crippen LogP contribution < -0.4 is 0 Å². The summed E-state index contributed by atoms with van der Waals surface area (Å²) >= 11 is 0. The smallest absolute Gasteiger partial charge is 0.00624 e. The molecule has 0 amide bonds. The average molecular weight is 337 g/mol. The second-order valence-corrected chi connectivity index (χ2v) is 3.65. The molecular weight excluding hydrogens is 320 g/mol. The Bertz CT molecular complexity index is 118. The number of piperidine rings is 1. The normalized spacial score (nSPS) is 27.0. The maximum absolute atomic E-state index is 4.37. The van der Waals surface area contributed by atoms with Gasteiger partial charge in [0.2, 0.25) is 0 Å². The molecule has 2 aliphatic heterocycles. The summed E-state index contributed by atoms with van der Waals surface area (Å²) in [6.07, 6.45) is 5.49. The van der Waals surface area contributed by atoms with Gasteiger partial charge in [-0.2, -0.15) is 0 Å². The molecule has 2 fully saturated rings. The van der Waals surface area contributed by atoms with Crippen molar-refractivity contribution in [1.29, 1.82) is 0 Å². The molecule has 70 valence electrons. The van der Waals surface area contributed by atoms with Gasteiger partial charge in [0.05, 0.1) is 0 Å². The number of hydrogen-bond acceptors (Lipinski definition) is 1. The van der Waals surface area contributed by atoms with E-state index in [4.69, 9.17) is 0 Å². The van der Waals surface area contributed by atoms with Crippen molar-refractivity contribution in [2.24, 2.45) is 0 Å². The maximum Gasteiger partial charge on any atom is 0.00624 e. The van der Waals surface area contributed by atoms with E-state index < -0.39 is 0 Å². The van der Waals surface area contributed by atoms with Crippen molar-refractivity contribution in [2.45, 2.75) is 31.7 Å². The van der Waals surface area contributed by atoms with Crippen LogP contribution in [0.5, 0.6) is 0 Å². The van der Waals surface area contributed by atoms with Crippen molar-refractivity contribution in [3.05, 3.63) is 5.32 Å². The third-order valence-electron chi connectivity index (χ3n) is 2.90. The van der Waals surface area contributed by atoms with Crippen molar-refractivity contribution in [3.63, 3.8) is 0 Å². The molecule has 3 heteroatoms. The fourth-order valence-corrected chi connectivity index (χ4v) is 2.21. The van der Waals surface area contributed by atoms with Crippen molar-refractivity contribution in [3.8, 4) is 0 Å². The van der Waals surface area contributed by atoms with Crippen molar-refractivity contribution >= 4 is 0 Å². The minimum atomic E-state index is 0. The monoisotopic (exact) mass is 337 g/mol. The summed E-state index contributed by atoms with van der Waals surface area (Å²) in [5.74, 6) is 0. The Labute approximate surface area is 89.3 Å². The van der Waals surface area contributed by atoms with Gasteiger partial charge in [-0.1, -0.05) is 12.8 Å².